The number of hydrogen-bond donors (Lipinski definition) is 0. The second-order valence-electron chi connectivity index (χ2n) is 14.8. The average Bonchev–Trinajstić information content (AvgIpc) is 3.93. The number of aryl methyl sites for hydroxylation is 1. The molecular weight excluding hydrogens is 709 g/mol. The van der Waals surface area contributed by atoms with E-state index >= 15 is 0 Å². The molecular formula is C52H34N6. The van der Waals surface area contributed by atoms with Gasteiger partial charge in [-0.05, 0) is 73.7 Å². The minimum atomic E-state index is 0.655. The number of para-hydroxylation sites is 5. The van der Waals surface area contributed by atoms with Gasteiger partial charge >= 0.3 is 0 Å². The molecule has 0 aliphatic rings. The molecule has 8 aromatic carbocycles. The van der Waals surface area contributed by atoms with Crippen molar-refractivity contribution in [2.45, 2.75) is 6.92 Å². The lowest BCUT2D eigenvalue weighted by atomic mass is 10.0. The topological polar surface area (TPSA) is 53.5 Å². The molecule has 6 nitrogen and oxygen atoms in total. The van der Waals surface area contributed by atoms with Gasteiger partial charge in [0.15, 0.2) is 11.6 Å². The van der Waals surface area contributed by atoms with Crippen LogP contribution in [0.1, 0.15) is 5.82 Å². The van der Waals surface area contributed by atoms with Gasteiger partial charge in [-0.2, -0.15) is 0 Å². The maximum Gasteiger partial charge on any atom is 0.163 e. The summed E-state index contributed by atoms with van der Waals surface area (Å²) < 4.78 is 7.43. The van der Waals surface area contributed by atoms with Crippen molar-refractivity contribution in [1.29, 1.82) is 0 Å². The zero-order valence-electron chi connectivity index (χ0n) is 31.6. The summed E-state index contributed by atoms with van der Waals surface area (Å²) in [7, 11) is 0. The van der Waals surface area contributed by atoms with Crippen LogP contribution in [-0.4, -0.2) is 28.7 Å². The van der Waals surface area contributed by atoms with Crippen molar-refractivity contribution in [1.82, 2.24) is 28.7 Å². The Labute approximate surface area is 333 Å². The van der Waals surface area contributed by atoms with E-state index in [0.717, 1.165) is 33.7 Å². The standard InChI is InChI=1S/C52H34N6/c1-33-53-51(34-17-5-2-6-18-34)55-52(54-33)35-29-31-38(32-30-35)58-44-28-16-13-25-41(44)47-49-45(39-23-11-14-26-42(39)56(49)36-19-7-3-8-20-36)48-46(50(47)58)40-24-12-15-27-43(40)57(48)37-21-9-4-10-22-37/h2-32H,1H3. The monoisotopic (exact) mass is 742 g/mol. The van der Waals surface area contributed by atoms with Crippen molar-refractivity contribution in [3.05, 3.63) is 194 Å². The molecule has 12 rings (SSSR count). The molecule has 6 heteroatoms. The number of benzene rings is 8. The molecule has 4 aromatic heterocycles. The highest BCUT2D eigenvalue weighted by Gasteiger charge is 2.28. The third kappa shape index (κ3) is 4.69. The molecule has 0 saturated carbocycles. The van der Waals surface area contributed by atoms with E-state index in [1.54, 1.807) is 0 Å². The Kier molecular flexibility index (Phi) is 7.04. The largest absolute Gasteiger partial charge is 0.308 e. The summed E-state index contributed by atoms with van der Waals surface area (Å²) in [6, 6.07) is 67.0. The summed E-state index contributed by atoms with van der Waals surface area (Å²) in [5, 5.41) is 7.30. The van der Waals surface area contributed by atoms with Crippen LogP contribution in [0.2, 0.25) is 0 Å². The van der Waals surface area contributed by atoms with Gasteiger partial charge in [0.1, 0.15) is 5.82 Å². The fraction of sp³-hybridized carbons (Fsp3) is 0.0192. The highest BCUT2D eigenvalue weighted by atomic mass is 15.1. The first-order valence-electron chi connectivity index (χ1n) is 19.6. The first-order valence-corrected chi connectivity index (χ1v) is 19.6. The maximum atomic E-state index is 4.93. The lowest BCUT2D eigenvalue weighted by Crippen LogP contribution is -2.00. The molecule has 0 atom stereocenters. The molecule has 0 N–H and O–H groups in total. The minimum absolute atomic E-state index is 0.655. The van der Waals surface area contributed by atoms with Gasteiger partial charge in [0.25, 0.3) is 0 Å². The number of fused-ring (bicyclic) bond motifs is 12. The Hall–Kier alpha value is -7.83. The van der Waals surface area contributed by atoms with Crippen molar-refractivity contribution in [3.63, 3.8) is 0 Å². The van der Waals surface area contributed by atoms with Crippen molar-refractivity contribution in [2.24, 2.45) is 0 Å². The Morgan fingerprint density at radius 2 is 0.638 bits per heavy atom. The van der Waals surface area contributed by atoms with Crippen LogP contribution >= 0.6 is 0 Å². The second kappa shape index (κ2) is 12.6. The van der Waals surface area contributed by atoms with Crippen LogP contribution in [0.15, 0.2) is 188 Å². The molecule has 0 spiro atoms. The third-order valence-electron chi connectivity index (χ3n) is 11.5. The fourth-order valence-electron chi connectivity index (χ4n) is 9.19. The lowest BCUT2D eigenvalue weighted by Gasteiger charge is -2.14. The molecule has 4 heterocycles. The zero-order valence-corrected chi connectivity index (χ0v) is 31.6. The highest BCUT2D eigenvalue weighted by molar-refractivity contribution is 6.40. The first-order chi connectivity index (χ1) is 28.7. The van der Waals surface area contributed by atoms with E-state index in [1.807, 2.05) is 37.3 Å². The van der Waals surface area contributed by atoms with E-state index in [-0.39, 0.29) is 0 Å². The van der Waals surface area contributed by atoms with Gasteiger partial charge in [-0.1, -0.05) is 121 Å². The van der Waals surface area contributed by atoms with Gasteiger partial charge in [-0.15, -0.1) is 0 Å². The van der Waals surface area contributed by atoms with Gasteiger partial charge in [0.05, 0.1) is 33.1 Å². The SMILES string of the molecule is Cc1nc(-c2ccccc2)nc(-c2ccc(-n3c4ccccc4c4c5c(c6ccccc6n5-c5ccccc5)c5c(c6ccccc6n5-c5ccccc5)c43)cc2)n1. The number of nitrogens with zero attached hydrogens (tertiary/aromatic N) is 6. The van der Waals surface area contributed by atoms with Crippen LogP contribution in [-0.2, 0) is 0 Å². The number of hydrogen-bond acceptors (Lipinski definition) is 3. The summed E-state index contributed by atoms with van der Waals surface area (Å²) >= 11 is 0. The average molecular weight is 743 g/mol. The van der Waals surface area contributed by atoms with Crippen LogP contribution in [0, 0.1) is 6.92 Å². The quantitative estimate of drug-likeness (QED) is 0.176. The normalized spacial score (nSPS) is 11.9. The Balaban J connectivity index is 1.25. The van der Waals surface area contributed by atoms with Gasteiger partial charge in [0, 0.05) is 60.5 Å². The second-order valence-corrected chi connectivity index (χ2v) is 14.8. The highest BCUT2D eigenvalue weighted by Crippen LogP contribution is 2.50. The van der Waals surface area contributed by atoms with E-state index in [2.05, 4.69) is 176 Å². The molecule has 58 heavy (non-hydrogen) atoms. The van der Waals surface area contributed by atoms with E-state index in [4.69, 9.17) is 9.97 Å². The predicted molar refractivity (Wildman–Crippen MR) is 238 cm³/mol. The molecule has 0 saturated heterocycles. The van der Waals surface area contributed by atoms with Crippen LogP contribution in [0.4, 0.5) is 0 Å². The lowest BCUT2D eigenvalue weighted by molar-refractivity contribution is 0.991. The molecule has 12 aromatic rings. The van der Waals surface area contributed by atoms with E-state index in [0.29, 0.717) is 17.5 Å². The van der Waals surface area contributed by atoms with Crippen molar-refractivity contribution in [2.75, 3.05) is 0 Å². The third-order valence-corrected chi connectivity index (χ3v) is 11.5. The predicted octanol–water partition coefficient (Wildman–Crippen LogP) is 12.8. The van der Waals surface area contributed by atoms with Crippen molar-refractivity contribution < 1.29 is 0 Å². The minimum Gasteiger partial charge on any atom is -0.308 e. The summed E-state index contributed by atoms with van der Waals surface area (Å²) in [6.45, 7) is 1.93. The van der Waals surface area contributed by atoms with E-state index in [1.165, 1.54) is 59.9 Å². The van der Waals surface area contributed by atoms with Crippen LogP contribution < -0.4 is 0 Å². The van der Waals surface area contributed by atoms with Crippen LogP contribution in [0.25, 0.3) is 105 Å². The van der Waals surface area contributed by atoms with Crippen LogP contribution in [0.5, 0.6) is 0 Å². The first kappa shape index (κ1) is 32.4. The number of aromatic nitrogens is 6. The maximum absolute atomic E-state index is 4.93. The fourth-order valence-corrected chi connectivity index (χ4v) is 9.19. The summed E-state index contributed by atoms with van der Waals surface area (Å²) in [4.78, 5) is 14.4. The Morgan fingerprint density at radius 3 is 1.05 bits per heavy atom. The van der Waals surface area contributed by atoms with Crippen LogP contribution in [0.3, 0.4) is 0 Å². The molecule has 0 amide bonds. The van der Waals surface area contributed by atoms with Gasteiger partial charge in [0.2, 0.25) is 0 Å². The zero-order chi connectivity index (χ0) is 38.3. The smallest absolute Gasteiger partial charge is 0.163 e. The van der Waals surface area contributed by atoms with Crippen molar-refractivity contribution in [3.8, 4) is 39.8 Å². The molecule has 0 aliphatic carbocycles. The van der Waals surface area contributed by atoms with E-state index in [9.17, 15) is 0 Å². The molecule has 272 valence electrons. The molecule has 0 fully saturated rings. The molecule has 0 bridgehead atoms. The molecule has 0 aliphatic heterocycles. The van der Waals surface area contributed by atoms with Crippen molar-refractivity contribution >= 4 is 65.4 Å². The Bertz CT molecular complexity index is 3470. The Morgan fingerprint density at radius 1 is 0.310 bits per heavy atom. The van der Waals surface area contributed by atoms with E-state index < -0.39 is 0 Å². The molecule has 0 radical (unpaired) electrons. The summed E-state index contributed by atoms with van der Waals surface area (Å²) in [6.07, 6.45) is 0. The van der Waals surface area contributed by atoms with Gasteiger partial charge in [-0.25, -0.2) is 15.0 Å². The summed E-state index contributed by atoms with van der Waals surface area (Å²) in [5.41, 5.74) is 12.2. The molecule has 0 unspecified atom stereocenters. The van der Waals surface area contributed by atoms with Gasteiger partial charge in [-0.3, -0.25) is 0 Å². The number of rotatable bonds is 5. The summed E-state index contributed by atoms with van der Waals surface area (Å²) in [5.74, 6) is 2.01. The van der Waals surface area contributed by atoms with Gasteiger partial charge < -0.3 is 13.7 Å².